The van der Waals surface area contributed by atoms with Gasteiger partial charge in [0, 0.05) is 0 Å². The molecule has 0 fully saturated rings. The summed E-state index contributed by atoms with van der Waals surface area (Å²) in [6.45, 7) is 4.45. The molecule has 0 saturated carbocycles. The number of hydrogen-bond acceptors (Lipinski definition) is 2. The Morgan fingerprint density at radius 1 is 1.11 bits per heavy atom. The molecule has 0 aliphatic rings. The lowest BCUT2D eigenvalue weighted by molar-refractivity contribution is -0.137. The monoisotopic (exact) mass is 261 g/mol. The normalized spacial score (nSPS) is 10.5. The van der Waals surface area contributed by atoms with Crippen LogP contribution in [-0.4, -0.2) is 6.54 Å². The van der Waals surface area contributed by atoms with E-state index in [0.29, 0.717) is 12.8 Å². The van der Waals surface area contributed by atoms with Gasteiger partial charge in [-0.2, -0.15) is 18.1 Å². The van der Waals surface area contributed by atoms with Gasteiger partial charge in [0.05, 0.1) is 12.1 Å². The SMILES string of the molecule is CCC.O=NCCCc1ccc(C(F)(F)F)cc1. The Balaban J connectivity index is 0.000000873. The van der Waals surface area contributed by atoms with Crippen LogP contribution in [0.15, 0.2) is 29.4 Å². The van der Waals surface area contributed by atoms with Gasteiger partial charge in [0.15, 0.2) is 0 Å². The van der Waals surface area contributed by atoms with Crippen LogP contribution in [0.25, 0.3) is 0 Å². The summed E-state index contributed by atoms with van der Waals surface area (Å²) in [5.74, 6) is 0. The number of rotatable bonds is 4. The van der Waals surface area contributed by atoms with E-state index in [1.54, 1.807) is 0 Å². The molecule has 1 aromatic carbocycles. The number of aryl methyl sites for hydroxylation is 1. The van der Waals surface area contributed by atoms with Gasteiger partial charge in [0.1, 0.15) is 0 Å². The van der Waals surface area contributed by atoms with Crippen molar-refractivity contribution in [3.8, 4) is 0 Å². The number of nitroso groups, excluding NO2 is 1. The zero-order valence-corrected chi connectivity index (χ0v) is 10.6. The van der Waals surface area contributed by atoms with E-state index in [9.17, 15) is 18.1 Å². The quantitative estimate of drug-likeness (QED) is 0.564. The molecule has 0 radical (unpaired) electrons. The maximum Gasteiger partial charge on any atom is 0.416 e. The van der Waals surface area contributed by atoms with Crippen molar-refractivity contribution in [2.45, 2.75) is 39.3 Å². The second-order valence-corrected chi connectivity index (χ2v) is 3.86. The zero-order valence-electron chi connectivity index (χ0n) is 10.6. The van der Waals surface area contributed by atoms with Crippen LogP contribution >= 0.6 is 0 Å². The summed E-state index contributed by atoms with van der Waals surface area (Å²) in [5.41, 5.74) is 0.131. The highest BCUT2D eigenvalue weighted by atomic mass is 19.4. The van der Waals surface area contributed by atoms with Gasteiger partial charge in [-0.15, -0.1) is 0 Å². The topological polar surface area (TPSA) is 29.4 Å². The first-order valence-electron chi connectivity index (χ1n) is 5.90. The van der Waals surface area contributed by atoms with Crippen LogP contribution < -0.4 is 0 Å². The lowest BCUT2D eigenvalue weighted by atomic mass is 10.1. The molecule has 0 spiro atoms. The highest BCUT2D eigenvalue weighted by Crippen LogP contribution is 2.29. The molecule has 0 saturated heterocycles. The maximum absolute atomic E-state index is 12.2. The number of hydrogen-bond donors (Lipinski definition) is 0. The molecule has 2 nitrogen and oxygen atoms in total. The summed E-state index contributed by atoms with van der Waals surface area (Å²) in [5, 5.41) is 2.68. The molecule has 0 atom stereocenters. The van der Waals surface area contributed by atoms with E-state index in [0.717, 1.165) is 17.7 Å². The molecular formula is C13H18F3NO. The predicted molar refractivity (Wildman–Crippen MR) is 66.4 cm³/mol. The lowest BCUT2D eigenvalue weighted by Gasteiger charge is -2.06. The summed E-state index contributed by atoms with van der Waals surface area (Å²) in [7, 11) is 0. The summed E-state index contributed by atoms with van der Waals surface area (Å²) in [6, 6.07) is 4.94. The van der Waals surface area contributed by atoms with Gasteiger partial charge in [-0.05, 0) is 30.5 Å². The van der Waals surface area contributed by atoms with Crippen molar-refractivity contribution in [3.05, 3.63) is 40.3 Å². The predicted octanol–water partition coefficient (Wildman–Crippen LogP) is 4.82. The summed E-state index contributed by atoms with van der Waals surface area (Å²) in [6.07, 6.45) is -1.90. The Hall–Kier alpha value is -1.39. The van der Waals surface area contributed by atoms with E-state index in [4.69, 9.17) is 0 Å². The molecule has 0 aromatic heterocycles. The average Bonchev–Trinajstić information content (AvgIpc) is 2.30. The number of benzene rings is 1. The van der Waals surface area contributed by atoms with E-state index in [1.807, 2.05) is 0 Å². The fourth-order valence-corrected chi connectivity index (χ4v) is 1.21. The van der Waals surface area contributed by atoms with Gasteiger partial charge < -0.3 is 0 Å². The molecule has 102 valence electrons. The molecular weight excluding hydrogens is 243 g/mol. The summed E-state index contributed by atoms with van der Waals surface area (Å²) in [4.78, 5) is 9.78. The third-order valence-corrected chi connectivity index (χ3v) is 2.00. The first-order valence-corrected chi connectivity index (χ1v) is 5.90. The van der Waals surface area contributed by atoms with Crippen LogP contribution in [0.4, 0.5) is 13.2 Å². The molecule has 18 heavy (non-hydrogen) atoms. The Morgan fingerprint density at radius 2 is 1.61 bits per heavy atom. The minimum absolute atomic E-state index is 0.195. The van der Waals surface area contributed by atoms with Crippen molar-refractivity contribution in [3.63, 3.8) is 0 Å². The van der Waals surface area contributed by atoms with E-state index in [2.05, 4.69) is 19.0 Å². The molecule has 1 aromatic rings. The highest BCUT2D eigenvalue weighted by Gasteiger charge is 2.29. The van der Waals surface area contributed by atoms with Gasteiger partial charge in [-0.1, -0.05) is 37.6 Å². The van der Waals surface area contributed by atoms with Gasteiger partial charge in [-0.3, -0.25) is 0 Å². The third-order valence-electron chi connectivity index (χ3n) is 2.00. The van der Waals surface area contributed by atoms with Gasteiger partial charge in [0.2, 0.25) is 0 Å². The van der Waals surface area contributed by atoms with Crippen LogP contribution in [-0.2, 0) is 12.6 Å². The Labute approximate surface area is 105 Å². The minimum Gasteiger partial charge on any atom is -0.166 e. The smallest absolute Gasteiger partial charge is 0.166 e. The van der Waals surface area contributed by atoms with Gasteiger partial charge in [-0.25, -0.2) is 0 Å². The number of halogens is 3. The van der Waals surface area contributed by atoms with Crippen LogP contribution in [0.1, 0.15) is 37.8 Å². The molecule has 0 unspecified atom stereocenters. The first-order chi connectivity index (χ1) is 8.45. The van der Waals surface area contributed by atoms with Gasteiger partial charge in [0.25, 0.3) is 0 Å². The Kier molecular flexibility index (Phi) is 8.00. The molecule has 0 aliphatic heterocycles. The standard InChI is InChI=1S/C10H10F3NO.C3H8/c11-10(12,13)9-5-3-8(4-6-9)2-1-7-14-15;1-3-2/h3-6H,1-2,7H2;3H2,1-2H3. The molecule has 5 heteroatoms. The Bertz CT molecular complexity index is 333. The summed E-state index contributed by atoms with van der Waals surface area (Å²) < 4.78 is 36.5. The molecule has 0 aliphatic carbocycles. The second-order valence-electron chi connectivity index (χ2n) is 3.86. The largest absolute Gasteiger partial charge is 0.416 e. The number of alkyl halides is 3. The fraction of sp³-hybridized carbons (Fsp3) is 0.538. The molecule has 0 amide bonds. The lowest BCUT2D eigenvalue weighted by Crippen LogP contribution is -2.04. The second kappa shape index (κ2) is 8.66. The van der Waals surface area contributed by atoms with E-state index in [1.165, 1.54) is 18.6 Å². The van der Waals surface area contributed by atoms with E-state index in [-0.39, 0.29) is 6.54 Å². The van der Waals surface area contributed by atoms with Crippen LogP contribution in [0.2, 0.25) is 0 Å². The molecule has 1 rings (SSSR count). The first kappa shape index (κ1) is 16.6. The fourth-order valence-electron chi connectivity index (χ4n) is 1.21. The maximum atomic E-state index is 12.2. The van der Waals surface area contributed by atoms with Crippen LogP contribution in [0.5, 0.6) is 0 Å². The van der Waals surface area contributed by atoms with Crippen molar-refractivity contribution in [2.24, 2.45) is 5.18 Å². The molecule has 0 N–H and O–H groups in total. The van der Waals surface area contributed by atoms with Crippen LogP contribution in [0, 0.1) is 4.91 Å². The average molecular weight is 261 g/mol. The van der Waals surface area contributed by atoms with Crippen molar-refractivity contribution in [1.82, 2.24) is 0 Å². The van der Waals surface area contributed by atoms with Crippen molar-refractivity contribution in [2.75, 3.05) is 6.54 Å². The van der Waals surface area contributed by atoms with Crippen molar-refractivity contribution in [1.29, 1.82) is 0 Å². The minimum atomic E-state index is -4.29. The number of nitrogens with zero attached hydrogens (tertiary/aromatic N) is 1. The van der Waals surface area contributed by atoms with E-state index >= 15 is 0 Å². The van der Waals surface area contributed by atoms with E-state index < -0.39 is 11.7 Å². The third kappa shape index (κ3) is 7.04. The molecule has 0 heterocycles. The van der Waals surface area contributed by atoms with Crippen LogP contribution in [0.3, 0.4) is 0 Å². The Morgan fingerprint density at radius 3 is 2.00 bits per heavy atom. The van der Waals surface area contributed by atoms with Crippen molar-refractivity contribution >= 4 is 0 Å². The van der Waals surface area contributed by atoms with Gasteiger partial charge >= 0.3 is 6.18 Å². The van der Waals surface area contributed by atoms with Crippen molar-refractivity contribution < 1.29 is 13.2 Å². The summed E-state index contributed by atoms with van der Waals surface area (Å²) >= 11 is 0. The highest BCUT2D eigenvalue weighted by molar-refractivity contribution is 5.24. The zero-order chi connectivity index (χ0) is 14.0. The molecule has 0 bridgehead atoms.